The van der Waals surface area contributed by atoms with Gasteiger partial charge in [0, 0.05) is 0 Å². The molecule has 13 heavy (non-hydrogen) atoms. The number of nitrogens with zero attached hydrogens (tertiary/aromatic N) is 3. The van der Waals surface area contributed by atoms with Crippen LogP contribution in [0.3, 0.4) is 0 Å². The molecule has 0 aliphatic heterocycles. The summed E-state index contributed by atoms with van der Waals surface area (Å²) < 4.78 is 6.16. The maximum absolute atomic E-state index is 11.0. The van der Waals surface area contributed by atoms with Crippen LogP contribution in [-0.4, -0.2) is 27.6 Å². The first-order chi connectivity index (χ1) is 6.33. The van der Waals surface area contributed by atoms with Crippen molar-refractivity contribution in [2.75, 3.05) is 12.0 Å². The van der Waals surface area contributed by atoms with Crippen molar-refractivity contribution in [3.8, 4) is 0 Å². The number of amides is 1. The van der Waals surface area contributed by atoms with Crippen LogP contribution in [0, 0.1) is 0 Å². The van der Waals surface area contributed by atoms with E-state index in [0.717, 1.165) is 12.8 Å². The summed E-state index contributed by atoms with van der Waals surface area (Å²) in [5, 5.41) is 7.03. The fourth-order valence-electron chi connectivity index (χ4n) is 0.705. The Kier molecular flexibility index (Phi) is 3.74. The number of rotatable bonds is 4. The Labute approximate surface area is 75.9 Å². The highest BCUT2D eigenvalue weighted by Crippen LogP contribution is 1.89. The lowest BCUT2D eigenvalue weighted by atomic mass is 10.4. The van der Waals surface area contributed by atoms with Gasteiger partial charge in [0.05, 0.1) is 6.61 Å². The summed E-state index contributed by atoms with van der Waals surface area (Å²) in [5.41, 5.74) is 2.41. The van der Waals surface area contributed by atoms with E-state index in [1.807, 2.05) is 6.92 Å². The first-order valence-corrected chi connectivity index (χ1v) is 4.11. The van der Waals surface area contributed by atoms with Gasteiger partial charge in [-0.15, -0.1) is 10.2 Å². The summed E-state index contributed by atoms with van der Waals surface area (Å²) in [6, 6.07) is 0. The topological polar surface area (TPSA) is 69.0 Å². The summed E-state index contributed by atoms with van der Waals surface area (Å²) in [6.45, 7) is 2.46. The molecular weight excluding hydrogens is 172 g/mol. The molecule has 1 N–H and O–H groups in total. The number of ether oxygens (including phenoxy) is 1. The predicted molar refractivity (Wildman–Crippen MR) is 45.6 cm³/mol. The molecule has 0 atom stereocenters. The van der Waals surface area contributed by atoms with E-state index in [1.165, 1.54) is 17.3 Å². The van der Waals surface area contributed by atoms with Gasteiger partial charge in [-0.25, -0.2) is 14.9 Å². The molecule has 0 aromatic carbocycles. The Morgan fingerprint density at radius 3 is 2.85 bits per heavy atom. The minimum atomic E-state index is -0.492. The van der Waals surface area contributed by atoms with Crippen molar-refractivity contribution >= 4 is 6.09 Å². The molecule has 1 amide bonds. The molecule has 1 rings (SSSR count). The smallest absolute Gasteiger partial charge is 0.426 e. The number of carbonyl (C=O) groups is 1. The Balaban J connectivity index is 2.18. The third kappa shape index (κ3) is 3.55. The van der Waals surface area contributed by atoms with Crippen molar-refractivity contribution in [1.82, 2.24) is 14.9 Å². The van der Waals surface area contributed by atoms with E-state index < -0.39 is 6.09 Å². The largest absolute Gasteiger partial charge is 0.448 e. The van der Waals surface area contributed by atoms with Crippen molar-refractivity contribution in [1.29, 1.82) is 0 Å². The molecule has 0 bridgehead atoms. The number of aromatic nitrogens is 3. The van der Waals surface area contributed by atoms with Crippen LogP contribution in [0.15, 0.2) is 12.7 Å². The van der Waals surface area contributed by atoms with E-state index >= 15 is 0 Å². The standard InChI is InChI=1S/C7H12N4O2/c1-2-3-4-13-7(12)10-11-5-8-9-6-11/h5-6H,2-4H2,1H3,(H,10,12). The highest BCUT2D eigenvalue weighted by atomic mass is 16.6. The minimum Gasteiger partial charge on any atom is -0.448 e. The number of hydrogen-bond donors (Lipinski definition) is 1. The van der Waals surface area contributed by atoms with Crippen molar-refractivity contribution in [3.63, 3.8) is 0 Å². The van der Waals surface area contributed by atoms with Gasteiger partial charge in [-0.2, -0.15) is 0 Å². The number of unbranched alkanes of at least 4 members (excludes halogenated alkanes) is 1. The lowest BCUT2D eigenvalue weighted by molar-refractivity contribution is 0.156. The summed E-state index contributed by atoms with van der Waals surface area (Å²) >= 11 is 0. The molecule has 0 aliphatic carbocycles. The third-order valence-electron chi connectivity index (χ3n) is 1.37. The normalized spacial score (nSPS) is 9.62. The first kappa shape index (κ1) is 9.50. The highest BCUT2D eigenvalue weighted by molar-refractivity contribution is 5.75. The van der Waals surface area contributed by atoms with Gasteiger partial charge in [0.25, 0.3) is 0 Å². The van der Waals surface area contributed by atoms with Gasteiger partial charge in [-0.05, 0) is 6.42 Å². The molecule has 0 aliphatic rings. The first-order valence-electron chi connectivity index (χ1n) is 4.11. The molecule has 6 heteroatoms. The van der Waals surface area contributed by atoms with Gasteiger partial charge in [0.15, 0.2) is 0 Å². The third-order valence-corrected chi connectivity index (χ3v) is 1.37. The monoisotopic (exact) mass is 184 g/mol. The van der Waals surface area contributed by atoms with Crippen LogP contribution in [0.4, 0.5) is 4.79 Å². The van der Waals surface area contributed by atoms with Crippen LogP contribution in [0.25, 0.3) is 0 Å². The molecule has 0 saturated heterocycles. The zero-order valence-electron chi connectivity index (χ0n) is 7.43. The van der Waals surface area contributed by atoms with Crippen molar-refractivity contribution in [2.24, 2.45) is 0 Å². The highest BCUT2D eigenvalue weighted by Gasteiger charge is 2.00. The van der Waals surface area contributed by atoms with E-state index in [9.17, 15) is 4.79 Å². The Hall–Kier alpha value is -1.59. The maximum Gasteiger partial charge on any atom is 0.426 e. The van der Waals surface area contributed by atoms with Crippen LogP contribution in [0.5, 0.6) is 0 Å². The van der Waals surface area contributed by atoms with E-state index in [1.54, 1.807) is 0 Å². The summed E-state index contributed by atoms with van der Waals surface area (Å²) in [5.74, 6) is 0. The number of hydrogen-bond acceptors (Lipinski definition) is 4. The Bertz CT molecular complexity index is 247. The fraction of sp³-hybridized carbons (Fsp3) is 0.571. The van der Waals surface area contributed by atoms with E-state index in [2.05, 4.69) is 15.6 Å². The van der Waals surface area contributed by atoms with Gasteiger partial charge in [-0.1, -0.05) is 13.3 Å². The molecule has 72 valence electrons. The van der Waals surface area contributed by atoms with Crippen LogP contribution in [-0.2, 0) is 4.74 Å². The zero-order chi connectivity index (χ0) is 9.52. The quantitative estimate of drug-likeness (QED) is 0.701. The Morgan fingerprint density at radius 1 is 1.54 bits per heavy atom. The molecule has 0 spiro atoms. The van der Waals surface area contributed by atoms with Gasteiger partial charge in [0.2, 0.25) is 0 Å². The zero-order valence-corrected chi connectivity index (χ0v) is 7.43. The molecule has 1 aromatic rings. The summed E-state index contributed by atoms with van der Waals surface area (Å²) in [7, 11) is 0. The van der Waals surface area contributed by atoms with Crippen molar-refractivity contribution in [3.05, 3.63) is 12.7 Å². The molecule has 0 fully saturated rings. The van der Waals surface area contributed by atoms with Gasteiger partial charge < -0.3 is 4.74 Å². The average molecular weight is 184 g/mol. The lowest BCUT2D eigenvalue weighted by Crippen LogP contribution is -2.22. The van der Waals surface area contributed by atoms with Crippen molar-refractivity contribution in [2.45, 2.75) is 19.8 Å². The molecule has 1 heterocycles. The summed E-state index contributed by atoms with van der Waals surface area (Å²) in [4.78, 5) is 11.0. The number of carbonyl (C=O) groups excluding carboxylic acids is 1. The second-order valence-corrected chi connectivity index (χ2v) is 2.47. The van der Waals surface area contributed by atoms with Gasteiger partial charge >= 0.3 is 6.09 Å². The SMILES string of the molecule is CCCCOC(=O)Nn1cnnc1. The summed E-state index contributed by atoms with van der Waals surface area (Å²) in [6.07, 6.45) is 4.13. The second-order valence-electron chi connectivity index (χ2n) is 2.47. The van der Waals surface area contributed by atoms with Crippen molar-refractivity contribution < 1.29 is 9.53 Å². The van der Waals surface area contributed by atoms with Crippen LogP contribution in [0.2, 0.25) is 0 Å². The number of nitrogens with one attached hydrogen (secondary N) is 1. The molecular formula is C7H12N4O2. The average Bonchev–Trinajstić information content (AvgIpc) is 2.57. The van der Waals surface area contributed by atoms with Crippen LogP contribution >= 0.6 is 0 Å². The van der Waals surface area contributed by atoms with E-state index in [4.69, 9.17) is 4.74 Å². The van der Waals surface area contributed by atoms with E-state index in [0.29, 0.717) is 6.61 Å². The lowest BCUT2D eigenvalue weighted by Gasteiger charge is -2.04. The molecule has 0 saturated carbocycles. The van der Waals surface area contributed by atoms with Gasteiger partial charge in [0.1, 0.15) is 12.7 Å². The van der Waals surface area contributed by atoms with Crippen LogP contribution in [0.1, 0.15) is 19.8 Å². The second kappa shape index (κ2) is 5.13. The Morgan fingerprint density at radius 2 is 2.23 bits per heavy atom. The minimum absolute atomic E-state index is 0.435. The molecule has 0 unspecified atom stereocenters. The molecule has 6 nitrogen and oxygen atoms in total. The maximum atomic E-state index is 11.0. The predicted octanol–water partition coefficient (Wildman–Crippen LogP) is 0.758. The fourth-order valence-corrected chi connectivity index (χ4v) is 0.705. The van der Waals surface area contributed by atoms with Crippen LogP contribution < -0.4 is 5.43 Å². The molecule has 1 aromatic heterocycles. The molecule has 0 radical (unpaired) electrons. The van der Waals surface area contributed by atoms with E-state index in [-0.39, 0.29) is 0 Å². The van der Waals surface area contributed by atoms with Gasteiger partial charge in [-0.3, -0.25) is 0 Å².